The molecule has 0 atom stereocenters. The number of halogens is 2. The van der Waals surface area contributed by atoms with Crippen LogP contribution in [0.25, 0.3) is 11.1 Å². The zero-order valence-electron chi connectivity index (χ0n) is 8.63. The van der Waals surface area contributed by atoms with Gasteiger partial charge in [-0.15, -0.1) is 0 Å². The highest BCUT2D eigenvalue weighted by Gasteiger charge is 2.10. The molecule has 0 aromatic heterocycles. The second-order valence-electron chi connectivity index (χ2n) is 3.22. The molecule has 16 heavy (non-hydrogen) atoms. The Morgan fingerprint density at radius 2 is 1.81 bits per heavy atom. The van der Waals surface area contributed by atoms with E-state index in [1.54, 1.807) is 19.2 Å². The number of benzene rings is 2. The minimum Gasteiger partial charge on any atom is -0.495 e. The highest BCUT2D eigenvalue weighted by molar-refractivity contribution is 6.43. The first-order valence-electron chi connectivity index (χ1n) is 4.73. The number of para-hydroxylation sites is 1. The largest absolute Gasteiger partial charge is 0.495 e. The fraction of sp³-hybridized carbons (Fsp3) is 0.0769. The van der Waals surface area contributed by atoms with Gasteiger partial charge in [-0.1, -0.05) is 53.5 Å². The molecular formula is C13H9Cl2O. The molecule has 0 aliphatic rings. The van der Waals surface area contributed by atoms with E-state index in [2.05, 4.69) is 6.07 Å². The first kappa shape index (κ1) is 11.3. The number of hydrogen-bond acceptors (Lipinski definition) is 1. The van der Waals surface area contributed by atoms with Crippen LogP contribution in [-0.2, 0) is 0 Å². The molecule has 0 aliphatic carbocycles. The third-order valence-corrected chi connectivity index (χ3v) is 3.08. The molecular weight excluding hydrogens is 243 g/mol. The highest BCUT2D eigenvalue weighted by Crippen LogP contribution is 2.37. The summed E-state index contributed by atoms with van der Waals surface area (Å²) in [6.45, 7) is 0. The van der Waals surface area contributed by atoms with Gasteiger partial charge in [-0.25, -0.2) is 0 Å². The van der Waals surface area contributed by atoms with Gasteiger partial charge in [0, 0.05) is 17.2 Å². The first-order valence-corrected chi connectivity index (χ1v) is 5.48. The van der Waals surface area contributed by atoms with Crippen LogP contribution in [0.15, 0.2) is 36.4 Å². The Hall–Kier alpha value is -1.18. The van der Waals surface area contributed by atoms with E-state index in [4.69, 9.17) is 27.9 Å². The summed E-state index contributed by atoms with van der Waals surface area (Å²) in [6, 6.07) is 14.1. The standard InChI is InChI=1S/C13H9Cl2O/c1-16-12-8-3-2-5-9(12)10-6-4-7-11(14)13(10)15/h2-7H,1H3. The van der Waals surface area contributed by atoms with Crippen molar-refractivity contribution in [3.05, 3.63) is 52.5 Å². The molecule has 0 saturated carbocycles. The third-order valence-electron chi connectivity index (χ3n) is 2.26. The number of hydrogen-bond donors (Lipinski definition) is 0. The molecule has 0 aliphatic heterocycles. The summed E-state index contributed by atoms with van der Waals surface area (Å²) < 4.78 is 5.24. The smallest absolute Gasteiger partial charge is 0.134 e. The molecule has 2 aromatic rings. The van der Waals surface area contributed by atoms with Crippen molar-refractivity contribution in [1.82, 2.24) is 0 Å². The normalized spacial score (nSPS) is 10.2. The van der Waals surface area contributed by atoms with Crippen molar-refractivity contribution in [3.63, 3.8) is 0 Å². The first-order chi connectivity index (χ1) is 7.74. The molecule has 0 spiro atoms. The van der Waals surface area contributed by atoms with Crippen molar-refractivity contribution in [1.29, 1.82) is 0 Å². The molecule has 0 fully saturated rings. The van der Waals surface area contributed by atoms with E-state index < -0.39 is 0 Å². The van der Waals surface area contributed by atoms with Crippen LogP contribution in [0.4, 0.5) is 0 Å². The summed E-state index contributed by atoms with van der Waals surface area (Å²) >= 11 is 12.1. The van der Waals surface area contributed by atoms with Gasteiger partial charge in [-0.3, -0.25) is 0 Å². The summed E-state index contributed by atoms with van der Waals surface area (Å²) in [4.78, 5) is 0. The molecule has 1 radical (unpaired) electrons. The Bertz CT molecular complexity index is 509. The van der Waals surface area contributed by atoms with Crippen LogP contribution in [0.1, 0.15) is 0 Å². The molecule has 0 amide bonds. The van der Waals surface area contributed by atoms with E-state index in [1.807, 2.05) is 24.3 Å². The zero-order valence-corrected chi connectivity index (χ0v) is 10.1. The zero-order chi connectivity index (χ0) is 11.5. The lowest BCUT2D eigenvalue weighted by atomic mass is 10.0. The van der Waals surface area contributed by atoms with Gasteiger partial charge < -0.3 is 4.74 Å². The van der Waals surface area contributed by atoms with Gasteiger partial charge in [-0.2, -0.15) is 0 Å². The molecule has 0 saturated heterocycles. The monoisotopic (exact) mass is 251 g/mol. The molecule has 0 unspecified atom stereocenters. The van der Waals surface area contributed by atoms with E-state index in [-0.39, 0.29) is 0 Å². The van der Waals surface area contributed by atoms with Crippen molar-refractivity contribution in [2.45, 2.75) is 0 Å². The summed E-state index contributed by atoms with van der Waals surface area (Å²) in [6.07, 6.45) is 0. The maximum atomic E-state index is 6.16. The highest BCUT2D eigenvalue weighted by atomic mass is 35.5. The quantitative estimate of drug-likeness (QED) is 0.766. The molecule has 0 heterocycles. The lowest BCUT2D eigenvalue weighted by Crippen LogP contribution is -1.88. The fourth-order valence-electron chi connectivity index (χ4n) is 1.51. The molecule has 1 nitrogen and oxygen atoms in total. The van der Waals surface area contributed by atoms with E-state index >= 15 is 0 Å². The van der Waals surface area contributed by atoms with Crippen LogP contribution in [0.3, 0.4) is 0 Å². The van der Waals surface area contributed by atoms with Gasteiger partial charge in [0.1, 0.15) is 5.75 Å². The minimum atomic E-state index is 0.530. The van der Waals surface area contributed by atoms with Gasteiger partial charge in [0.05, 0.1) is 17.2 Å². The molecule has 81 valence electrons. The Kier molecular flexibility index (Phi) is 3.37. The third kappa shape index (κ3) is 2.01. The van der Waals surface area contributed by atoms with Gasteiger partial charge in [0.25, 0.3) is 0 Å². The summed E-state index contributed by atoms with van der Waals surface area (Å²) in [5, 5.41) is 1.06. The fourth-order valence-corrected chi connectivity index (χ4v) is 1.92. The molecule has 2 rings (SSSR count). The Labute approximate surface area is 105 Å². The van der Waals surface area contributed by atoms with Gasteiger partial charge in [0.15, 0.2) is 0 Å². The van der Waals surface area contributed by atoms with Crippen LogP contribution in [-0.4, -0.2) is 7.11 Å². The molecule has 3 heteroatoms. The van der Waals surface area contributed by atoms with Crippen LogP contribution in [0.2, 0.25) is 10.0 Å². The molecule has 0 N–H and O–H groups in total. The van der Waals surface area contributed by atoms with E-state index in [1.165, 1.54) is 0 Å². The molecule has 0 bridgehead atoms. The lowest BCUT2D eigenvalue weighted by molar-refractivity contribution is 0.415. The summed E-state index contributed by atoms with van der Waals surface area (Å²) in [5.74, 6) is 0.659. The summed E-state index contributed by atoms with van der Waals surface area (Å²) in [5.41, 5.74) is 1.74. The molecule has 2 aromatic carbocycles. The minimum absolute atomic E-state index is 0.530. The predicted octanol–water partition coefficient (Wildman–Crippen LogP) is 4.47. The van der Waals surface area contributed by atoms with Crippen molar-refractivity contribution in [3.8, 4) is 16.9 Å². The average molecular weight is 252 g/mol. The number of ether oxygens (including phenoxy) is 1. The Morgan fingerprint density at radius 1 is 1.06 bits per heavy atom. The SMILES string of the molecule is COc1[c]cccc1-c1cccc(Cl)c1Cl. The number of rotatable bonds is 2. The maximum Gasteiger partial charge on any atom is 0.134 e. The van der Waals surface area contributed by atoms with Gasteiger partial charge in [-0.05, 0) is 6.07 Å². The van der Waals surface area contributed by atoms with Gasteiger partial charge in [0.2, 0.25) is 0 Å². The average Bonchev–Trinajstić information content (AvgIpc) is 2.33. The lowest BCUT2D eigenvalue weighted by Gasteiger charge is -2.10. The van der Waals surface area contributed by atoms with Crippen molar-refractivity contribution in [2.24, 2.45) is 0 Å². The van der Waals surface area contributed by atoms with E-state index in [0.29, 0.717) is 15.8 Å². The van der Waals surface area contributed by atoms with Crippen LogP contribution in [0, 0.1) is 6.07 Å². The van der Waals surface area contributed by atoms with Crippen LogP contribution in [0.5, 0.6) is 5.75 Å². The van der Waals surface area contributed by atoms with Crippen LogP contribution < -0.4 is 4.74 Å². The van der Waals surface area contributed by atoms with E-state index in [9.17, 15) is 0 Å². The van der Waals surface area contributed by atoms with Crippen molar-refractivity contribution >= 4 is 23.2 Å². The van der Waals surface area contributed by atoms with E-state index in [0.717, 1.165) is 11.1 Å². The summed E-state index contributed by atoms with van der Waals surface area (Å²) in [7, 11) is 1.60. The van der Waals surface area contributed by atoms with Crippen molar-refractivity contribution < 1.29 is 4.74 Å². The van der Waals surface area contributed by atoms with Crippen LogP contribution >= 0.6 is 23.2 Å². The Balaban J connectivity index is 2.63. The topological polar surface area (TPSA) is 9.23 Å². The second kappa shape index (κ2) is 4.77. The second-order valence-corrected chi connectivity index (χ2v) is 4.00. The maximum absolute atomic E-state index is 6.16. The van der Waals surface area contributed by atoms with Gasteiger partial charge >= 0.3 is 0 Å². The van der Waals surface area contributed by atoms with Crippen molar-refractivity contribution in [2.75, 3.05) is 7.11 Å². The predicted molar refractivity (Wildman–Crippen MR) is 67.3 cm³/mol. The Morgan fingerprint density at radius 3 is 2.56 bits per heavy atom. The number of methoxy groups -OCH3 is 1.